The molecule has 1 atom stereocenters. The van der Waals surface area contributed by atoms with Crippen LogP contribution in [0.2, 0.25) is 0 Å². The summed E-state index contributed by atoms with van der Waals surface area (Å²) in [5, 5.41) is 7.74. The van der Waals surface area contributed by atoms with Crippen molar-refractivity contribution in [1.82, 2.24) is 15.1 Å². The second-order valence-corrected chi connectivity index (χ2v) is 6.23. The summed E-state index contributed by atoms with van der Waals surface area (Å²) in [7, 11) is 1.96. The first-order chi connectivity index (χ1) is 8.94. The molecular formula is C15H25N3O. The largest absolute Gasteiger partial charge is 0.350 e. The third-order valence-electron chi connectivity index (χ3n) is 3.89. The molecule has 0 saturated carbocycles. The van der Waals surface area contributed by atoms with Gasteiger partial charge in [-0.25, -0.2) is 0 Å². The third kappa shape index (κ3) is 3.17. The normalized spacial score (nSPS) is 23.1. The summed E-state index contributed by atoms with van der Waals surface area (Å²) in [6.07, 6.45) is 6.61. The highest BCUT2D eigenvalue weighted by atomic mass is 16.2. The van der Waals surface area contributed by atoms with Crippen molar-refractivity contribution in [3.8, 4) is 0 Å². The fourth-order valence-corrected chi connectivity index (χ4v) is 3.31. The molecule has 0 spiro atoms. The average Bonchev–Trinajstić information content (AvgIpc) is 2.82. The van der Waals surface area contributed by atoms with Gasteiger partial charge < -0.3 is 5.32 Å². The van der Waals surface area contributed by atoms with Crippen molar-refractivity contribution in [3.05, 3.63) is 17.5 Å². The number of rotatable bonds is 5. The van der Waals surface area contributed by atoms with Gasteiger partial charge in [0.15, 0.2) is 0 Å². The highest BCUT2D eigenvalue weighted by Gasteiger charge is 2.38. The van der Waals surface area contributed by atoms with Crippen molar-refractivity contribution in [1.29, 1.82) is 0 Å². The summed E-state index contributed by atoms with van der Waals surface area (Å²) in [6, 6.07) is 0. The first kappa shape index (κ1) is 14.1. The fourth-order valence-electron chi connectivity index (χ4n) is 3.31. The molecule has 1 fully saturated rings. The molecule has 4 heteroatoms. The number of carbonyl (C=O) groups excluding carboxylic acids is 1. The van der Waals surface area contributed by atoms with E-state index >= 15 is 0 Å². The Bertz CT molecular complexity index is 464. The SMILES string of the molecule is CCc1nn(C)cc1CC1(CC(C)C)CCC(=O)N1. The minimum Gasteiger partial charge on any atom is -0.350 e. The summed E-state index contributed by atoms with van der Waals surface area (Å²) in [5.41, 5.74) is 2.39. The van der Waals surface area contributed by atoms with Gasteiger partial charge in [-0.15, -0.1) is 0 Å². The second-order valence-electron chi connectivity index (χ2n) is 6.23. The zero-order chi connectivity index (χ0) is 14.0. The molecule has 19 heavy (non-hydrogen) atoms. The van der Waals surface area contributed by atoms with Gasteiger partial charge in [-0.3, -0.25) is 9.48 Å². The first-order valence-electron chi connectivity index (χ1n) is 7.26. The Morgan fingerprint density at radius 3 is 2.79 bits per heavy atom. The van der Waals surface area contributed by atoms with Crippen LogP contribution in [0.4, 0.5) is 0 Å². The third-order valence-corrected chi connectivity index (χ3v) is 3.89. The second kappa shape index (κ2) is 5.35. The summed E-state index contributed by atoms with van der Waals surface area (Å²) in [4.78, 5) is 11.7. The Morgan fingerprint density at radius 1 is 1.53 bits per heavy atom. The predicted octanol–water partition coefficient (Wildman–Crippen LogP) is 2.22. The fraction of sp³-hybridized carbons (Fsp3) is 0.733. The molecule has 1 N–H and O–H groups in total. The standard InChI is InChI=1S/C15H25N3O/c1-5-13-12(10-18(4)17-13)9-15(8-11(2)3)7-6-14(19)16-15/h10-11H,5-9H2,1-4H3,(H,16,19). The lowest BCUT2D eigenvalue weighted by Crippen LogP contribution is -2.44. The van der Waals surface area contributed by atoms with E-state index in [9.17, 15) is 4.79 Å². The van der Waals surface area contributed by atoms with Crippen molar-refractivity contribution in [2.24, 2.45) is 13.0 Å². The van der Waals surface area contributed by atoms with Crippen molar-refractivity contribution in [2.75, 3.05) is 0 Å². The van der Waals surface area contributed by atoms with Crippen LogP contribution in [0.3, 0.4) is 0 Å². The molecule has 2 rings (SSSR count). The summed E-state index contributed by atoms with van der Waals surface area (Å²) in [5.74, 6) is 0.780. The number of hydrogen-bond donors (Lipinski definition) is 1. The average molecular weight is 263 g/mol. The number of carbonyl (C=O) groups is 1. The van der Waals surface area contributed by atoms with E-state index in [0.29, 0.717) is 12.3 Å². The van der Waals surface area contributed by atoms with E-state index in [-0.39, 0.29) is 11.4 Å². The smallest absolute Gasteiger partial charge is 0.220 e. The predicted molar refractivity (Wildman–Crippen MR) is 75.9 cm³/mol. The highest BCUT2D eigenvalue weighted by molar-refractivity contribution is 5.79. The lowest BCUT2D eigenvalue weighted by molar-refractivity contribution is -0.119. The molecule has 0 radical (unpaired) electrons. The van der Waals surface area contributed by atoms with Gasteiger partial charge in [-0.2, -0.15) is 5.10 Å². The van der Waals surface area contributed by atoms with Gasteiger partial charge in [-0.1, -0.05) is 20.8 Å². The molecular weight excluding hydrogens is 238 g/mol. The van der Waals surface area contributed by atoms with E-state index in [1.165, 1.54) is 5.56 Å². The summed E-state index contributed by atoms with van der Waals surface area (Å²) in [6.45, 7) is 6.57. The molecule has 1 aliphatic heterocycles. The maximum absolute atomic E-state index is 11.7. The molecule has 106 valence electrons. The maximum atomic E-state index is 11.7. The maximum Gasteiger partial charge on any atom is 0.220 e. The quantitative estimate of drug-likeness (QED) is 0.885. The van der Waals surface area contributed by atoms with Gasteiger partial charge in [0.1, 0.15) is 0 Å². The van der Waals surface area contributed by atoms with Gasteiger partial charge in [0, 0.05) is 25.2 Å². The minimum absolute atomic E-state index is 0.0573. The number of aryl methyl sites for hydroxylation is 2. The van der Waals surface area contributed by atoms with Crippen LogP contribution in [0.15, 0.2) is 6.20 Å². The van der Waals surface area contributed by atoms with Crippen LogP contribution >= 0.6 is 0 Å². The van der Waals surface area contributed by atoms with Crippen molar-refractivity contribution in [3.63, 3.8) is 0 Å². The van der Waals surface area contributed by atoms with Crippen LogP contribution < -0.4 is 5.32 Å². The lowest BCUT2D eigenvalue weighted by atomic mass is 9.82. The summed E-state index contributed by atoms with van der Waals surface area (Å²) >= 11 is 0. The number of nitrogens with zero attached hydrogens (tertiary/aromatic N) is 2. The molecule has 1 aromatic rings. The molecule has 0 aromatic carbocycles. The van der Waals surface area contributed by atoms with Crippen LogP contribution in [0.1, 0.15) is 51.3 Å². The zero-order valence-corrected chi connectivity index (χ0v) is 12.5. The van der Waals surface area contributed by atoms with Crippen molar-refractivity contribution < 1.29 is 4.79 Å². The number of amides is 1. The highest BCUT2D eigenvalue weighted by Crippen LogP contribution is 2.32. The molecule has 1 saturated heterocycles. The Labute approximate surface area is 115 Å². The monoisotopic (exact) mass is 263 g/mol. The Balaban J connectivity index is 2.22. The van der Waals surface area contributed by atoms with E-state index < -0.39 is 0 Å². The van der Waals surface area contributed by atoms with E-state index in [2.05, 4.69) is 37.4 Å². The Kier molecular flexibility index (Phi) is 3.97. The van der Waals surface area contributed by atoms with Gasteiger partial charge in [0.25, 0.3) is 0 Å². The molecule has 1 aromatic heterocycles. The molecule has 1 unspecified atom stereocenters. The lowest BCUT2D eigenvalue weighted by Gasteiger charge is -2.31. The Morgan fingerprint density at radius 2 is 2.26 bits per heavy atom. The van der Waals surface area contributed by atoms with Crippen molar-refractivity contribution >= 4 is 5.91 Å². The van der Waals surface area contributed by atoms with Crippen LogP contribution in [0.5, 0.6) is 0 Å². The molecule has 2 heterocycles. The van der Waals surface area contributed by atoms with E-state index in [4.69, 9.17) is 0 Å². The molecule has 1 aliphatic rings. The van der Waals surface area contributed by atoms with Gasteiger partial charge in [0.05, 0.1) is 5.69 Å². The van der Waals surface area contributed by atoms with Crippen LogP contribution in [-0.2, 0) is 24.7 Å². The summed E-state index contributed by atoms with van der Waals surface area (Å²) < 4.78 is 1.88. The number of aromatic nitrogens is 2. The van der Waals surface area contributed by atoms with Crippen LogP contribution in [0, 0.1) is 5.92 Å². The van der Waals surface area contributed by atoms with Crippen molar-refractivity contribution in [2.45, 2.75) is 58.4 Å². The van der Waals surface area contributed by atoms with E-state index in [1.54, 1.807) is 0 Å². The molecule has 0 bridgehead atoms. The van der Waals surface area contributed by atoms with Gasteiger partial charge in [-0.05, 0) is 37.2 Å². The zero-order valence-electron chi connectivity index (χ0n) is 12.5. The van der Waals surface area contributed by atoms with Crippen LogP contribution in [0.25, 0.3) is 0 Å². The number of hydrogen-bond acceptors (Lipinski definition) is 2. The first-order valence-corrected chi connectivity index (χ1v) is 7.26. The number of nitrogens with one attached hydrogen (secondary N) is 1. The van der Waals surface area contributed by atoms with Gasteiger partial charge in [0.2, 0.25) is 5.91 Å². The topological polar surface area (TPSA) is 46.9 Å². The Hall–Kier alpha value is -1.32. The van der Waals surface area contributed by atoms with E-state index in [0.717, 1.165) is 31.4 Å². The van der Waals surface area contributed by atoms with E-state index in [1.807, 2.05) is 11.7 Å². The molecule has 4 nitrogen and oxygen atoms in total. The molecule has 0 aliphatic carbocycles. The van der Waals surface area contributed by atoms with Crippen LogP contribution in [-0.4, -0.2) is 21.2 Å². The van der Waals surface area contributed by atoms with Gasteiger partial charge >= 0.3 is 0 Å². The molecule has 1 amide bonds. The minimum atomic E-state index is -0.0573.